The number of nitrogens with two attached hydrogens (primary N) is 1. The Morgan fingerprint density at radius 3 is 2.43 bits per heavy atom. The maximum Gasteiger partial charge on any atom is 0.240 e. The van der Waals surface area contributed by atoms with Crippen molar-refractivity contribution in [2.45, 2.75) is 50.6 Å². The van der Waals surface area contributed by atoms with Crippen LogP contribution >= 0.6 is 0 Å². The van der Waals surface area contributed by atoms with Crippen LogP contribution in [-0.4, -0.2) is 14.5 Å². The fourth-order valence-electron chi connectivity index (χ4n) is 3.21. The SMILES string of the molecule is CC1CC(C)CC(NS(=O)(=O)c2ccc(F)c(CN)c2)C1. The summed E-state index contributed by atoms with van der Waals surface area (Å²) in [5.41, 5.74) is 5.64. The predicted octanol–water partition coefficient (Wildman–Crippen LogP) is 2.39. The summed E-state index contributed by atoms with van der Waals surface area (Å²) in [6.07, 6.45) is 2.81. The smallest absolute Gasteiger partial charge is 0.240 e. The third-order valence-electron chi connectivity index (χ3n) is 4.05. The van der Waals surface area contributed by atoms with Crippen LogP contribution in [0.4, 0.5) is 4.39 Å². The molecule has 0 amide bonds. The van der Waals surface area contributed by atoms with Crippen molar-refractivity contribution in [2.24, 2.45) is 17.6 Å². The van der Waals surface area contributed by atoms with Crippen LogP contribution in [0.2, 0.25) is 0 Å². The molecule has 1 aliphatic carbocycles. The van der Waals surface area contributed by atoms with Crippen LogP contribution in [0.5, 0.6) is 0 Å². The summed E-state index contributed by atoms with van der Waals surface area (Å²) in [5, 5.41) is 0. The average Bonchev–Trinajstić information content (AvgIpc) is 2.37. The number of rotatable bonds is 4. The zero-order valence-corrected chi connectivity index (χ0v) is 13.3. The molecule has 0 aliphatic heterocycles. The zero-order chi connectivity index (χ0) is 15.6. The molecule has 21 heavy (non-hydrogen) atoms. The number of halogens is 1. The van der Waals surface area contributed by atoms with Gasteiger partial charge in [0.25, 0.3) is 0 Å². The topological polar surface area (TPSA) is 72.2 Å². The molecule has 2 unspecified atom stereocenters. The molecule has 0 spiro atoms. The molecule has 1 fully saturated rings. The Hall–Kier alpha value is -0.980. The molecule has 1 aliphatic rings. The van der Waals surface area contributed by atoms with Gasteiger partial charge >= 0.3 is 0 Å². The van der Waals surface area contributed by atoms with E-state index >= 15 is 0 Å². The minimum absolute atomic E-state index is 0.0211. The quantitative estimate of drug-likeness (QED) is 0.896. The molecule has 4 nitrogen and oxygen atoms in total. The number of sulfonamides is 1. The van der Waals surface area contributed by atoms with Gasteiger partial charge in [-0.1, -0.05) is 13.8 Å². The summed E-state index contributed by atoms with van der Waals surface area (Å²) >= 11 is 0. The molecule has 1 aromatic rings. The average molecular weight is 314 g/mol. The van der Waals surface area contributed by atoms with Gasteiger partial charge in [0, 0.05) is 18.2 Å². The largest absolute Gasteiger partial charge is 0.326 e. The summed E-state index contributed by atoms with van der Waals surface area (Å²) < 4.78 is 41.0. The van der Waals surface area contributed by atoms with Gasteiger partial charge in [0.15, 0.2) is 0 Å². The Bertz CT molecular complexity index is 594. The van der Waals surface area contributed by atoms with Crippen LogP contribution in [0, 0.1) is 17.7 Å². The number of nitrogens with one attached hydrogen (secondary N) is 1. The molecule has 0 saturated heterocycles. The van der Waals surface area contributed by atoms with Crippen LogP contribution in [0.3, 0.4) is 0 Å². The Morgan fingerprint density at radius 2 is 1.86 bits per heavy atom. The van der Waals surface area contributed by atoms with Gasteiger partial charge in [-0.3, -0.25) is 0 Å². The second-order valence-electron chi connectivity index (χ2n) is 6.19. The molecule has 1 aromatic carbocycles. The fourth-order valence-corrected chi connectivity index (χ4v) is 4.52. The van der Waals surface area contributed by atoms with Crippen molar-refractivity contribution in [3.05, 3.63) is 29.6 Å². The fraction of sp³-hybridized carbons (Fsp3) is 0.600. The zero-order valence-electron chi connectivity index (χ0n) is 12.5. The third-order valence-corrected chi connectivity index (χ3v) is 5.57. The normalized spacial score (nSPS) is 26.8. The van der Waals surface area contributed by atoms with Crippen LogP contribution in [0.1, 0.15) is 38.7 Å². The summed E-state index contributed by atoms with van der Waals surface area (Å²) in [5.74, 6) is 0.542. The van der Waals surface area contributed by atoms with Crippen LogP contribution in [0.25, 0.3) is 0 Å². The highest BCUT2D eigenvalue weighted by atomic mass is 32.2. The molecule has 2 rings (SSSR count). The van der Waals surface area contributed by atoms with E-state index in [0.717, 1.165) is 25.3 Å². The third kappa shape index (κ3) is 4.02. The first-order valence-corrected chi connectivity index (χ1v) is 8.81. The van der Waals surface area contributed by atoms with Gasteiger partial charge in [0.2, 0.25) is 10.0 Å². The van der Waals surface area contributed by atoms with Crippen molar-refractivity contribution >= 4 is 10.0 Å². The van der Waals surface area contributed by atoms with Gasteiger partial charge in [-0.2, -0.15) is 0 Å². The maximum atomic E-state index is 13.4. The van der Waals surface area contributed by atoms with E-state index in [9.17, 15) is 12.8 Å². The summed E-state index contributed by atoms with van der Waals surface area (Å²) in [6, 6.07) is 3.70. The van der Waals surface area contributed by atoms with Crippen LogP contribution < -0.4 is 10.5 Å². The first kappa shape index (κ1) is 16.4. The van der Waals surface area contributed by atoms with Gasteiger partial charge in [0.1, 0.15) is 5.82 Å². The van der Waals surface area contributed by atoms with Crippen molar-refractivity contribution in [2.75, 3.05) is 0 Å². The molecule has 0 bridgehead atoms. The highest BCUT2D eigenvalue weighted by Crippen LogP contribution is 2.29. The molecule has 0 radical (unpaired) electrons. The van der Waals surface area contributed by atoms with E-state index in [4.69, 9.17) is 5.73 Å². The first-order chi connectivity index (χ1) is 9.81. The molecule has 1 saturated carbocycles. The van der Waals surface area contributed by atoms with E-state index in [2.05, 4.69) is 18.6 Å². The first-order valence-electron chi connectivity index (χ1n) is 7.32. The van der Waals surface area contributed by atoms with Crippen LogP contribution in [-0.2, 0) is 16.6 Å². The van der Waals surface area contributed by atoms with Gasteiger partial charge in [-0.15, -0.1) is 0 Å². The molecule has 3 N–H and O–H groups in total. The van der Waals surface area contributed by atoms with Crippen molar-refractivity contribution < 1.29 is 12.8 Å². The van der Waals surface area contributed by atoms with E-state index in [0.29, 0.717) is 11.8 Å². The standard InChI is InChI=1S/C15H23FN2O2S/c1-10-5-11(2)7-13(6-10)18-21(19,20)14-3-4-15(16)12(8-14)9-17/h3-4,8,10-11,13,18H,5-7,9,17H2,1-2H3. The molecule has 6 heteroatoms. The lowest BCUT2D eigenvalue weighted by atomic mass is 9.81. The van der Waals surface area contributed by atoms with E-state index < -0.39 is 15.8 Å². The van der Waals surface area contributed by atoms with E-state index in [1.165, 1.54) is 12.1 Å². The molecule has 0 aromatic heterocycles. The van der Waals surface area contributed by atoms with E-state index in [1.807, 2.05) is 0 Å². The lowest BCUT2D eigenvalue weighted by Crippen LogP contribution is -2.40. The van der Waals surface area contributed by atoms with Crippen molar-refractivity contribution in [1.29, 1.82) is 0 Å². The van der Waals surface area contributed by atoms with E-state index in [-0.39, 0.29) is 23.0 Å². The number of benzene rings is 1. The molecular weight excluding hydrogens is 291 g/mol. The monoisotopic (exact) mass is 314 g/mol. The van der Waals surface area contributed by atoms with Crippen LogP contribution in [0.15, 0.2) is 23.1 Å². The Balaban J connectivity index is 2.18. The Labute approximate surface area is 126 Å². The molecule has 118 valence electrons. The second kappa shape index (κ2) is 6.42. The van der Waals surface area contributed by atoms with Gasteiger partial charge in [-0.05, 0) is 49.3 Å². The minimum Gasteiger partial charge on any atom is -0.326 e. The summed E-state index contributed by atoms with van der Waals surface area (Å²) in [6.45, 7) is 4.26. The lowest BCUT2D eigenvalue weighted by Gasteiger charge is -2.31. The highest BCUT2D eigenvalue weighted by molar-refractivity contribution is 7.89. The molecule has 2 atom stereocenters. The van der Waals surface area contributed by atoms with E-state index in [1.54, 1.807) is 0 Å². The Kier molecular flexibility index (Phi) is 5.01. The van der Waals surface area contributed by atoms with Crippen molar-refractivity contribution in [1.82, 2.24) is 4.72 Å². The summed E-state index contributed by atoms with van der Waals surface area (Å²) in [7, 11) is -3.63. The van der Waals surface area contributed by atoms with Gasteiger partial charge in [0.05, 0.1) is 4.90 Å². The second-order valence-corrected chi connectivity index (χ2v) is 7.91. The maximum absolute atomic E-state index is 13.4. The van der Waals surface area contributed by atoms with Crippen molar-refractivity contribution in [3.8, 4) is 0 Å². The summed E-state index contributed by atoms with van der Waals surface area (Å²) in [4.78, 5) is 0.0789. The Morgan fingerprint density at radius 1 is 1.24 bits per heavy atom. The van der Waals surface area contributed by atoms with Gasteiger partial charge in [-0.25, -0.2) is 17.5 Å². The molecule has 0 heterocycles. The lowest BCUT2D eigenvalue weighted by molar-refractivity contribution is 0.257. The predicted molar refractivity (Wildman–Crippen MR) is 80.6 cm³/mol. The van der Waals surface area contributed by atoms with Crippen molar-refractivity contribution in [3.63, 3.8) is 0 Å². The minimum atomic E-state index is -3.63. The highest BCUT2D eigenvalue weighted by Gasteiger charge is 2.28. The number of hydrogen-bond donors (Lipinski definition) is 2. The molecular formula is C15H23FN2O2S. The van der Waals surface area contributed by atoms with Gasteiger partial charge < -0.3 is 5.73 Å². The number of hydrogen-bond acceptors (Lipinski definition) is 3.